The Hall–Kier alpha value is -2.15. The molecule has 1 atom stereocenters. The molecule has 0 bridgehead atoms. The quantitative estimate of drug-likeness (QED) is 0.812. The molecule has 0 spiro atoms. The molecule has 1 aliphatic heterocycles. The van der Waals surface area contributed by atoms with E-state index in [0.717, 1.165) is 0 Å². The number of methoxy groups -OCH3 is 1. The first-order valence-corrected chi connectivity index (χ1v) is 7.21. The Kier molecular flexibility index (Phi) is 5.71. The number of hydrogen-bond acceptors (Lipinski definition) is 5. The van der Waals surface area contributed by atoms with Crippen LogP contribution >= 0.6 is 0 Å². The lowest BCUT2D eigenvalue weighted by molar-refractivity contribution is -0.144. The van der Waals surface area contributed by atoms with Gasteiger partial charge in [-0.1, -0.05) is 0 Å². The molecule has 1 aromatic heterocycles. The second-order valence-electron chi connectivity index (χ2n) is 5.16. The SMILES string of the molecule is COc1cccnc1C(=O)NCC(C(=O)O)C1CCOCC1. The van der Waals surface area contributed by atoms with Gasteiger partial charge >= 0.3 is 5.97 Å². The Balaban J connectivity index is 1.99. The highest BCUT2D eigenvalue weighted by Gasteiger charge is 2.30. The largest absolute Gasteiger partial charge is 0.494 e. The molecule has 2 heterocycles. The van der Waals surface area contributed by atoms with E-state index < -0.39 is 17.8 Å². The number of rotatable bonds is 6. The number of pyridine rings is 1. The number of aromatic nitrogens is 1. The van der Waals surface area contributed by atoms with E-state index in [1.807, 2.05) is 0 Å². The van der Waals surface area contributed by atoms with Gasteiger partial charge in [-0.05, 0) is 30.9 Å². The lowest BCUT2D eigenvalue weighted by Crippen LogP contribution is -2.39. The molecule has 1 aliphatic rings. The molecular formula is C15H20N2O5. The van der Waals surface area contributed by atoms with E-state index in [4.69, 9.17) is 9.47 Å². The summed E-state index contributed by atoms with van der Waals surface area (Å²) in [6.07, 6.45) is 2.88. The van der Waals surface area contributed by atoms with Crippen molar-refractivity contribution >= 4 is 11.9 Å². The second-order valence-corrected chi connectivity index (χ2v) is 5.16. The molecule has 0 aliphatic carbocycles. The van der Waals surface area contributed by atoms with E-state index in [-0.39, 0.29) is 18.2 Å². The zero-order valence-corrected chi connectivity index (χ0v) is 12.4. The topological polar surface area (TPSA) is 97.8 Å². The average Bonchev–Trinajstić information content (AvgIpc) is 2.55. The highest BCUT2D eigenvalue weighted by atomic mass is 16.5. The Labute approximate surface area is 128 Å². The number of nitrogens with one attached hydrogen (secondary N) is 1. The Morgan fingerprint density at radius 3 is 2.86 bits per heavy atom. The van der Waals surface area contributed by atoms with Crippen LogP contribution in [0.1, 0.15) is 23.3 Å². The minimum absolute atomic E-state index is 0.0113. The maximum absolute atomic E-state index is 12.2. The Morgan fingerprint density at radius 2 is 2.23 bits per heavy atom. The maximum Gasteiger partial charge on any atom is 0.308 e. The first-order chi connectivity index (χ1) is 10.6. The molecule has 1 fully saturated rings. The molecule has 1 saturated heterocycles. The van der Waals surface area contributed by atoms with Crippen LogP contribution in [0.5, 0.6) is 5.75 Å². The summed E-state index contributed by atoms with van der Waals surface area (Å²) in [5.74, 6) is -1.59. The molecule has 22 heavy (non-hydrogen) atoms. The lowest BCUT2D eigenvalue weighted by Gasteiger charge is -2.27. The molecule has 2 rings (SSSR count). The van der Waals surface area contributed by atoms with Gasteiger partial charge in [0.05, 0.1) is 13.0 Å². The van der Waals surface area contributed by atoms with Crippen LogP contribution in [0.25, 0.3) is 0 Å². The fourth-order valence-electron chi connectivity index (χ4n) is 2.59. The molecule has 1 unspecified atom stereocenters. The molecule has 7 nitrogen and oxygen atoms in total. The van der Waals surface area contributed by atoms with Crippen LogP contribution in [-0.2, 0) is 9.53 Å². The highest BCUT2D eigenvalue weighted by Crippen LogP contribution is 2.24. The van der Waals surface area contributed by atoms with Crippen LogP contribution in [0, 0.1) is 11.8 Å². The second kappa shape index (κ2) is 7.74. The van der Waals surface area contributed by atoms with E-state index in [0.29, 0.717) is 31.8 Å². The molecule has 1 amide bonds. The van der Waals surface area contributed by atoms with Crippen molar-refractivity contribution in [1.29, 1.82) is 0 Å². The lowest BCUT2D eigenvalue weighted by atomic mass is 9.86. The monoisotopic (exact) mass is 308 g/mol. The van der Waals surface area contributed by atoms with Gasteiger partial charge in [-0.3, -0.25) is 9.59 Å². The van der Waals surface area contributed by atoms with Crippen molar-refractivity contribution in [3.8, 4) is 5.75 Å². The fraction of sp³-hybridized carbons (Fsp3) is 0.533. The Bertz CT molecular complexity index is 528. The molecule has 2 N–H and O–H groups in total. The first kappa shape index (κ1) is 16.2. The number of carbonyl (C=O) groups excluding carboxylic acids is 1. The number of hydrogen-bond donors (Lipinski definition) is 2. The van der Waals surface area contributed by atoms with Crippen LogP contribution in [-0.4, -0.2) is 48.8 Å². The van der Waals surface area contributed by atoms with E-state index in [1.165, 1.54) is 13.3 Å². The molecule has 1 aromatic rings. The number of ether oxygens (including phenoxy) is 2. The summed E-state index contributed by atoms with van der Waals surface area (Å²) in [6, 6.07) is 3.30. The highest BCUT2D eigenvalue weighted by molar-refractivity contribution is 5.95. The van der Waals surface area contributed by atoms with Crippen LogP contribution in [0.15, 0.2) is 18.3 Å². The van der Waals surface area contributed by atoms with E-state index in [1.54, 1.807) is 12.1 Å². The molecule has 120 valence electrons. The predicted octanol–water partition coefficient (Wildman–Crippen LogP) is 0.947. The van der Waals surface area contributed by atoms with Crippen molar-refractivity contribution in [3.05, 3.63) is 24.0 Å². The number of amides is 1. The Morgan fingerprint density at radius 1 is 1.50 bits per heavy atom. The molecule has 0 radical (unpaired) electrons. The summed E-state index contributed by atoms with van der Waals surface area (Å²) >= 11 is 0. The van der Waals surface area contributed by atoms with Gasteiger partial charge in [0, 0.05) is 26.0 Å². The van der Waals surface area contributed by atoms with Gasteiger partial charge in [0.15, 0.2) is 5.69 Å². The summed E-state index contributed by atoms with van der Waals surface area (Å²) in [6.45, 7) is 1.20. The predicted molar refractivity (Wildman–Crippen MR) is 77.8 cm³/mol. The van der Waals surface area contributed by atoms with Crippen LogP contribution in [0.2, 0.25) is 0 Å². The summed E-state index contributed by atoms with van der Waals surface area (Å²) in [5, 5.41) is 12.0. The summed E-state index contributed by atoms with van der Waals surface area (Å²) < 4.78 is 10.3. The smallest absolute Gasteiger partial charge is 0.308 e. The third-order valence-electron chi connectivity index (χ3n) is 3.84. The van der Waals surface area contributed by atoms with Crippen molar-refractivity contribution < 1.29 is 24.2 Å². The van der Waals surface area contributed by atoms with Crippen LogP contribution < -0.4 is 10.1 Å². The van der Waals surface area contributed by atoms with Gasteiger partial charge in [0.2, 0.25) is 0 Å². The van der Waals surface area contributed by atoms with Crippen LogP contribution in [0.4, 0.5) is 0 Å². The third kappa shape index (κ3) is 3.94. The van der Waals surface area contributed by atoms with Crippen molar-refractivity contribution in [2.75, 3.05) is 26.9 Å². The zero-order valence-electron chi connectivity index (χ0n) is 12.4. The summed E-state index contributed by atoms with van der Waals surface area (Å²) in [4.78, 5) is 27.6. The molecule has 0 saturated carbocycles. The summed E-state index contributed by atoms with van der Waals surface area (Å²) in [5.41, 5.74) is 0.154. The van der Waals surface area contributed by atoms with Gasteiger partial charge in [-0.25, -0.2) is 4.98 Å². The van der Waals surface area contributed by atoms with E-state index >= 15 is 0 Å². The van der Waals surface area contributed by atoms with Gasteiger partial charge < -0.3 is 19.9 Å². The fourth-order valence-corrected chi connectivity index (χ4v) is 2.59. The molecular weight excluding hydrogens is 288 g/mol. The normalized spacial score (nSPS) is 16.8. The van der Waals surface area contributed by atoms with Gasteiger partial charge in [0.1, 0.15) is 5.75 Å². The number of carbonyl (C=O) groups is 2. The van der Waals surface area contributed by atoms with E-state index in [2.05, 4.69) is 10.3 Å². The number of carboxylic acids is 1. The van der Waals surface area contributed by atoms with Crippen molar-refractivity contribution in [2.24, 2.45) is 11.8 Å². The molecule has 7 heteroatoms. The van der Waals surface area contributed by atoms with Crippen molar-refractivity contribution in [1.82, 2.24) is 10.3 Å². The van der Waals surface area contributed by atoms with Crippen molar-refractivity contribution in [3.63, 3.8) is 0 Å². The van der Waals surface area contributed by atoms with Gasteiger partial charge in [-0.2, -0.15) is 0 Å². The number of nitrogens with zero attached hydrogens (tertiary/aromatic N) is 1. The first-order valence-electron chi connectivity index (χ1n) is 7.21. The van der Waals surface area contributed by atoms with Gasteiger partial charge in [0.25, 0.3) is 5.91 Å². The number of aliphatic carboxylic acids is 1. The summed E-state index contributed by atoms with van der Waals surface area (Å²) in [7, 11) is 1.45. The minimum Gasteiger partial charge on any atom is -0.494 e. The van der Waals surface area contributed by atoms with Gasteiger partial charge in [-0.15, -0.1) is 0 Å². The van der Waals surface area contributed by atoms with Crippen molar-refractivity contribution in [2.45, 2.75) is 12.8 Å². The molecule has 0 aromatic carbocycles. The zero-order chi connectivity index (χ0) is 15.9. The standard InChI is InChI=1S/C15H20N2O5/c1-21-12-3-2-6-16-13(12)14(18)17-9-11(15(19)20)10-4-7-22-8-5-10/h2-3,6,10-11H,4-5,7-9H2,1H3,(H,17,18)(H,19,20). The van der Waals surface area contributed by atoms with Crippen LogP contribution in [0.3, 0.4) is 0 Å². The third-order valence-corrected chi connectivity index (χ3v) is 3.84. The number of carboxylic acid groups (broad SMARTS) is 1. The minimum atomic E-state index is -0.903. The average molecular weight is 308 g/mol. The van der Waals surface area contributed by atoms with E-state index in [9.17, 15) is 14.7 Å². The maximum atomic E-state index is 12.2.